The first-order valence-corrected chi connectivity index (χ1v) is 13.6. The molecule has 4 aliphatic rings. The van der Waals surface area contributed by atoms with Crippen LogP contribution in [0.25, 0.3) is 0 Å². The summed E-state index contributed by atoms with van der Waals surface area (Å²) >= 11 is 0. The SMILES string of the molecule is c1ccc([S+](c2ccccc2)c2ccc(OCCC34CC5CC(CC(C5)C3)C4)cc2)cc1. The summed E-state index contributed by atoms with van der Waals surface area (Å²) in [7, 11) is -0.0918. The van der Waals surface area contributed by atoms with Crippen LogP contribution in [0.2, 0.25) is 0 Å². The zero-order valence-corrected chi connectivity index (χ0v) is 19.6. The van der Waals surface area contributed by atoms with Crippen molar-refractivity contribution in [2.45, 2.75) is 59.6 Å². The van der Waals surface area contributed by atoms with Crippen molar-refractivity contribution >= 4 is 10.9 Å². The summed E-state index contributed by atoms with van der Waals surface area (Å²) in [5.41, 5.74) is 0.599. The van der Waals surface area contributed by atoms with Crippen LogP contribution in [0.4, 0.5) is 0 Å². The number of hydrogen-bond donors (Lipinski definition) is 0. The lowest BCUT2D eigenvalue weighted by Crippen LogP contribution is -2.46. The van der Waals surface area contributed by atoms with E-state index >= 15 is 0 Å². The second kappa shape index (κ2) is 8.63. The Kier molecular flexibility index (Phi) is 5.51. The fourth-order valence-corrected chi connectivity index (χ4v) is 9.26. The third-order valence-electron chi connectivity index (χ3n) is 8.08. The van der Waals surface area contributed by atoms with E-state index in [1.165, 1.54) is 59.6 Å². The lowest BCUT2D eigenvalue weighted by Gasteiger charge is -2.57. The lowest BCUT2D eigenvalue weighted by atomic mass is 9.49. The topological polar surface area (TPSA) is 9.23 Å². The van der Waals surface area contributed by atoms with Crippen molar-refractivity contribution < 1.29 is 4.74 Å². The molecule has 7 rings (SSSR count). The first kappa shape index (κ1) is 20.4. The average Bonchev–Trinajstić information content (AvgIpc) is 2.81. The standard InChI is InChI=1S/C30H33OS/c1-3-7-27(8-4-1)32(28-9-5-2-6-10-28)29-13-11-26(12-14-29)31-16-15-30-20-23-17-24(21-30)19-25(18-23)22-30/h1-14,23-25H,15-22H2/q+1. The quantitative estimate of drug-likeness (QED) is 0.340. The molecule has 0 N–H and O–H groups in total. The van der Waals surface area contributed by atoms with E-state index in [9.17, 15) is 0 Å². The Hall–Kier alpha value is -2.19. The molecule has 0 amide bonds. The third-order valence-corrected chi connectivity index (χ3v) is 10.3. The van der Waals surface area contributed by atoms with Crippen molar-refractivity contribution in [3.8, 4) is 5.75 Å². The Morgan fingerprint density at radius 1 is 0.625 bits per heavy atom. The highest BCUT2D eigenvalue weighted by atomic mass is 32.2. The van der Waals surface area contributed by atoms with Gasteiger partial charge in [0.05, 0.1) is 17.5 Å². The summed E-state index contributed by atoms with van der Waals surface area (Å²) in [4.78, 5) is 4.05. The molecule has 0 spiro atoms. The Labute approximate surface area is 195 Å². The van der Waals surface area contributed by atoms with Gasteiger partial charge < -0.3 is 4.74 Å². The molecule has 4 bridgehead atoms. The van der Waals surface area contributed by atoms with Gasteiger partial charge in [-0.25, -0.2) is 0 Å². The second-order valence-corrected chi connectivity index (χ2v) is 12.4. The van der Waals surface area contributed by atoms with Crippen LogP contribution in [0.15, 0.2) is 99.6 Å². The Bertz CT molecular complexity index is 953. The lowest BCUT2D eigenvalue weighted by molar-refractivity contribution is -0.0622. The predicted molar refractivity (Wildman–Crippen MR) is 132 cm³/mol. The molecule has 0 aliphatic heterocycles. The smallest absolute Gasteiger partial charge is 0.166 e. The van der Waals surface area contributed by atoms with Crippen molar-refractivity contribution in [2.75, 3.05) is 6.61 Å². The molecule has 0 heterocycles. The van der Waals surface area contributed by atoms with E-state index in [4.69, 9.17) is 4.74 Å². The molecular weight excluding hydrogens is 408 g/mol. The molecule has 0 radical (unpaired) electrons. The molecule has 4 saturated carbocycles. The van der Waals surface area contributed by atoms with Crippen molar-refractivity contribution in [1.82, 2.24) is 0 Å². The summed E-state index contributed by atoms with van der Waals surface area (Å²) in [6.45, 7) is 0.870. The van der Waals surface area contributed by atoms with E-state index in [1.54, 1.807) is 0 Å². The molecule has 0 aromatic heterocycles. The first-order valence-electron chi connectivity index (χ1n) is 12.3. The first-order chi connectivity index (χ1) is 15.8. The van der Waals surface area contributed by atoms with E-state index < -0.39 is 0 Å². The Morgan fingerprint density at radius 3 is 1.59 bits per heavy atom. The number of hydrogen-bond acceptors (Lipinski definition) is 1. The van der Waals surface area contributed by atoms with Crippen LogP contribution < -0.4 is 4.74 Å². The minimum atomic E-state index is -0.0918. The van der Waals surface area contributed by atoms with E-state index in [0.29, 0.717) is 5.41 Å². The number of benzene rings is 3. The Balaban J connectivity index is 1.14. The molecule has 32 heavy (non-hydrogen) atoms. The van der Waals surface area contributed by atoms with Crippen LogP contribution in [0.5, 0.6) is 5.75 Å². The molecule has 4 aliphatic carbocycles. The van der Waals surface area contributed by atoms with Gasteiger partial charge in [-0.3, -0.25) is 0 Å². The van der Waals surface area contributed by atoms with Gasteiger partial charge in [0, 0.05) is 0 Å². The highest BCUT2D eigenvalue weighted by Crippen LogP contribution is 2.61. The predicted octanol–water partition coefficient (Wildman–Crippen LogP) is 7.77. The molecule has 3 aromatic rings. The van der Waals surface area contributed by atoms with Gasteiger partial charge in [0.25, 0.3) is 0 Å². The maximum Gasteiger partial charge on any atom is 0.166 e. The largest absolute Gasteiger partial charge is 0.494 e. The van der Waals surface area contributed by atoms with Crippen molar-refractivity contribution in [1.29, 1.82) is 0 Å². The Morgan fingerprint density at radius 2 is 1.09 bits per heavy atom. The van der Waals surface area contributed by atoms with E-state index in [-0.39, 0.29) is 10.9 Å². The summed E-state index contributed by atoms with van der Waals surface area (Å²) in [6.07, 6.45) is 10.2. The normalized spacial score (nSPS) is 28.2. The molecule has 1 nitrogen and oxygen atoms in total. The van der Waals surface area contributed by atoms with Crippen LogP contribution in [0, 0.1) is 23.2 Å². The number of ether oxygens (including phenoxy) is 1. The van der Waals surface area contributed by atoms with Gasteiger partial charge in [0.1, 0.15) is 5.75 Å². The minimum absolute atomic E-state index is 0.0918. The van der Waals surface area contributed by atoms with Crippen molar-refractivity contribution in [3.63, 3.8) is 0 Å². The molecule has 164 valence electrons. The molecule has 3 aromatic carbocycles. The number of rotatable bonds is 7. The van der Waals surface area contributed by atoms with Crippen LogP contribution >= 0.6 is 0 Å². The summed E-state index contributed by atoms with van der Waals surface area (Å²) in [5, 5.41) is 0. The monoisotopic (exact) mass is 441 g/mol. The third kappa shape index (κ3) is 4.10. The van der Waals surface area contributed by atoms with Gasteiger partial charge >= 0.3 is 0 Å². The molecule has 0 unspecified atom stereocenters. The fraction of sp³-hybridized carbons (Fsp3) is 0.400. The van der Waals surface area contributed by atoms with Gasteiger partial charge in [0.2, 0.25) is 0 Å². The molecule has 4 fully saturated rings. The summed E-state index contributed by atoms with van der Waals surface area (Å²) < 4.78 is 6.29. The van der Waals surface area contributed by atoms with Crippen molar-refractivity contribution in [2.24, 2.45) is 23.2 Å². The maximum atomic E-state index is 6.29. The fourth-order valence-electron chi connectivity index (χ4n) is 7.17. The highest BCUT2D eigenvalue weighted by molar-refractivity contribution is 7.97. The maximum absolute atomic E-state index is 6.29. The van der Waals surface area contributed by atoms with Gasteiger partial charge in [-0.2, -0.15) is 0 Å². The van der Waals surface area contributed by atoms with Gasteiger partial charge in [0.15, 0.2) is 14.7 Å². The zero-order chi connectivity index (χ0) is 21.4. The van der Waals surface area contributed by atoms with Crippen LogP contribution in [0.1, 0.15) is 44.9 Å². The van der Waals surface area contributed by atoms with Crippen LogP contribution in [0.3, 0.4) is 0 Å². The van der Waals surface area contributed by atoms with Gasteiger partial charge in [-0.15, -0.1) is 0 Å². The van der Waals surface area contributed by atoms with E-state index in [0.717, 1.165) is 30.1 Å². The van der Waals surface area contributed by atoms with Crippen LogP contribution in [-0.2, 0) is 10.9 Å². The van der Waals surface area contributed by atoms with E-state index in [2.05, 4.69) is 84.9 Å². The molecule has 0 saturated heterocycles. The van der Waals surface area contributed by atoms with E-state index in [1.807, 2.05) is 0 Å². The van der Waals surface area contributed by atoms with Gasteiger partial charge in [-0.05, 0) is 117 Å². The summed E-state index contributed by atoms with van der Waals surface area (Å²) in [6, 6.07) is 30.6. The average molecular weight is 442 g/mol. The second-order valence-electron chi connectivity index (χ2n) is 10.4. The van der Waals surface area contributed by atoms with Crippen molar-refractivity contribution in [3.05, 3.63) is 84.9 Å². The zero-order valence-electron chi connectivity index (χ0n) is 18.8. The molecule has 2 heteroatoms. The molecule has 0 atom stereocenters. The molecular formula is C30H33OS+. The van der Waals surface area contributed by atoms with Crippen LogP contribution in [-0.4, -0.2) is 6.61 Å². The summed E-state index contributed by atoms with van der Waals surface area (Å²) in [5.74, 6) is 4.08. The highest BCUT2D eigenvalue weighted by Gasteiger charge is 2.50. The minimum Gasteiger partial charge on any atom is -0.494 e. The van der Waals surface area contributed by atoms with Gasteiger partial charge in [-0.1, -0.05) is 36.4 Å².